The molecule has 2 heterocycles. The lowest BCUT2D eigenvalue weighted by atomic mass is 10.1. The Bertz CT molecular complexity index is 733. The van der Waals surface area contributed by atoms with Gasteiger partial charge in [-0.15, -0.1) is 0 Å². The number of benzene rings is 1. The summed E-state index contributed by atoms with van der Waals surface area (Å²) >= 11 is 0. The minimum atomic E-state index is -0.0106. The van der Waals surface area contributed by atoms with E-state index in [0.29, 0.717) is 18.7 Å². The molecule has 0 aliphatic carbocycles. The molecule has 1 amide bonds. The van der Waals surface area contributed by atoms with E-state index in [1.54, 1.807) is 30.7 Å². The Kier molecular flexibility index (Phi) is 4.05. The van der Waals surface area contributed by atoms with Gasteiger partial charge >= 0.3 is 0 Å². The third kappa shape index (κ3) is 3.25. The monoisotopic (exact) mass is 295 g/mol. The maximum Gasteiger partial charge on any atom is 0.253 e. The maximum atomic E-state index is 12.5. The summed E-state index contributed by atoms with van der Waals surface area (Å²) in [6, 6.07) is 11.4. The van der Waals surface area contributed by atoms with E-state index in [-0.39, 0.29) is 5.91 Å². The van der Waals surface area contributed by atoms with Gasteiger partial charge in [-0.05, 0) is 29.8 Å². The van der Waals surface area contributed by atoms with Crippen molar-refractivity contribution in [2.75, 3.05) is 7.05 Å². The zero-order valence-electron chi connectivity index (χ0n) is 12.3. The van der Waals surface area contributed by atoms with Gasteiger partial charge in [0.05, 0.1) is 19.1 Å². The average Bonchev–Trinajstić information content (AvgIpc) is 3.20. The van der Waals surface area contributed by atoms with E-state index in [1.807, 2.05) is 47.3 Å². The molecule has 0 radical (unpaired) electrons. The molecule has 0 spiro atoms. The molecule has 0 atom stereocenters. The first-order chi connectivity index (χ1) is 10.7. The molecule has 0 aliphatic heterocycles. The molecule has 3 rings (SSSR count). The Morgan fingerprint density at radius 1 is 1.27 bits per heavy atom. The van der Waals surface area contributed by atoms with Gasteiger partial charge < -0.3 is 9.32 Å². The molecule has 0 saturated carbocycles. The SMILES string of the molecule is CN(Cc1ccoc1)C(=O)c1cccc(Cn2cccn2)c1. The third-order valence-electron chi connectivity index (χ3n) is 3.42. The molecule has 22 heavy (non-hydrogen) atoms. The molecule has 5 nitrogen and oxygen atoms in total. The highest BCUT2D eigenvalue weighted by atomic mass is 16.3. The van der Waals surface area contributed by atoms with Crippen molar-refractivity contribution < 1.29 is 9.21 Å². The van der Waals surface area contributed by atoms with E-state index in [0.717, 1.165) is 11.1 Å². The number of aromatic nitrogens is 2. The van der Waals surface area contributed by atoms with Gasteiger partial charge in [-0.2, -0.15) is 5.10 Å². The van der Waals surface area contributed by atoms with Gasteiger partial charge in [0.2, 0.25) is 0 Å². The van der Waals surface area contributed by atoms with E-state index in [1.165, 1.54) is 0 Å². The summed E-state index contributed by atoms with van der Waals surface area (Å²) in [5, 5.41) is 4.18. The van der Waals surface area contributed by atoms with Gasteiger partial charge in [-0.25, -0.2) is 0 Å². The molecule has 0 bridgehead atoms. The van der Waals surface area contributed by atoms with Crippen LogP contribution in [0.5, 0.6) is 0 Å². The fourth-order valence-corrected chi connectivity index (χ4v) is 2.33. The van der Waals surface area contributed by atoms with Crippen LogP contribution in [0, 0.1) is 0 Å². The summed E-state index contributed by atoms with van der Waals surface area (Å²) in [5.41, 5.74) is 2.70. The molecule has 0 fully saturated rings. The number of nitrogens with zero attached hydrogens (tertiary/aromatic N) is 3. The number of furan rings is 1. The molecule has 0 N–H and O–H groups in total. The minimum absolute atomic E-state index is 0.0106. The Morgan fingerprint density at radius 3 is 2.91 bits per heavy atom. The van der Waals surface area contributed by atoms with Crippen molar-refractivity contribution in [3.05, 3.63) is 78.0 Å². The summed E-state index contributed by atoms with van der Waals surface area (Å²) in [4.78, 5) is 14.2. The zero-order valence-corrected chi connectivity index (χ0v) is 12.3. The number of hydrogen-bond donors (Lipinski definition) is 0. The van der Waals surface area contributed by atoms with E-state index < -0.39 is 0 Å². The molecule has 2 aromatic heterocycles. The number of carbonyl (C=O) groups excluding carboxylic acids is 1. The fourth-order valence-electron chi connectivity index (χ4n) is 2.33. The van der Waals surface area contributed by atoms with Gasteiger partial charge in [0, 0.05) is 37.1 Å². The van der Waals surface area contributed by atoms with Crippen molar-refractivity contribution in [1.29, 1.82) is 0 Å². The molecule has 0 aliphatic rings. The van der Waals surface area contributed by atoms with Gasteiger partial charge in [0.25, 0.3) is 5.91 Å². The summed E-state index contributed by atoms with van der Waals surface area (Å²) < 4.78 is 6.86. The van der Waals surface area contributed by atoms with Gasteiger partial charge in [-0.1, -0.05) is 12.1 Å². The van der Waals surface area contributed by atoms with Crippen molar-refractivity contribution in [2.24, 2.45) is 0 Å². The van der Waals surface area contributed by atoms with Crippen molar-refractivity contribution in [1.82, 2.24) is 14.7 Å². The summed E-state index contributed by atoms with van der Waals surface area (Å²) in [5.74, 6) is -0.0106. The van der Waals surface area contributed by atoms with Crippen molar-refractivity contribution >= 4 is 5.91 Å². The topological polar surface area (TPSA) is 51.3 Å². The Balaban J connectivity index is 1.72. The number of hydrogen-bond acceptors (Lipinski definition) is 3. The van der Waals surface area contributed by atoms with Crippen LogP contribution in [-0.2, 0) is 13.1 Å². The molecule has 0 unspecified atom stereocenters. The number of rotatable bonds is 5. The predicted molar refractivity (Wildman–Crippen MR) is 82.3 cm³/mol. The first-order valence-electron chi connectivity index (χ1n) is 7.05. The molecule has 5 heteroatoms. The first-order valence-corrected chi connectivity index (χ1v) is 7.05. The highest BCUT2D eigenvalue weighted by Gasteiger charge is 2.13. The Hall–Kier alpha value is -2.82. The first kappa shape index (κ1) is 14.1. The normalized spacial score (nSPS) is 10.6. The zero-order chi connectivity index (χ0) is 15.4. The van der Waals surface area contributed by atoms with Crippen molar-refractivity contribution in [3.8, 4) is 0 Å². The van der Waals surface area contributed by atoms with Gasteiger partial charge in [-0.3, -0.25) is 9.48 Å². The van der Waals surface area contributed by atoms with Crippen LogP contribution in [0.25, 0.3) is 0 Å². The molecular weight excluding hydrogens is 278 g/mol. The van der Waals surface area contributed by atoms with E-state index in [4.69, 9.17) is 4.42 Å². The van der Waals surface area contributed by atoms with Gasteiger partial charge in [0.1, 0.15) is 0 Å². The second-order valence-electron chi connectivity index (χ2n) is 5.20. The standard InChI is InChI=1S/C17H17N3O2/c1-19(11-15-6-9-22-13-15)17(21)16-5-2-4-14(10-16)12-20-8-3-7-18-20/h2-10,13H,11-12H2,1H3. The quantitative estimate of drug-likeness (QED) is 0.727. The molecule has 3 aromatic rings. The highest BCUT2D eigenvalue weighted by Crippen LogP contribution is 2.12. The second kappa shape index (κ2) is 6.30. The van der Waals surface area contributed by atoms with Crippen LogP contribution in [0.1, 0.15) is 21.5 Å². The Labute approximate surface area is 128 Å². The summed E-state index contributed by atoms with van der Waals surface area (Å²) in [7, 11) is 1.79. The average molecular weight is 295 g/mol. The van der Waals surface area contributed by atoms with E-state index in [2.05, 4.69) is 5.10 Å². The number of carbonyl (C=O) groups is 1. The van der Waals surface area contributed by atoms with Crippen LogP contribution in [0.4, 0.5) is 0 Å². The lowest BCUT2D eigenvalue weighted by Crippen LogP contribution is -2.26. The maximum absolute atomic E-state index is 12.5. The second-order valence-corrected chi connectivity index (χ2v) is 5.20. The number of amides is 1. The molecular formula is C17H17N3O2. The highest BCUT2D eigenvalue weighted by molar-refractivity contribution is 5.94. The molecule has 1 aromatic carbocycles. The summed E-state index contributed by atoms with van der Waals surface area (Å²) in [6.07, 6.45) is 6.91. The van der Waals surface area contributed by atoms with Crippen LogP contribution >= 0.6 is 0 Å². The van der Waals surface area contributed by atoms with Crippen LogP contribution < -0.4 is 0 Å². The third-order valence-corrected chi connectivity index (χ3v) is 3.42. The lowest BCUT2D eigenvalue weighted by Gasteiger charge is -2.16. The van der Waals surface area contributed by atoms with Crippen molar-refractivity contribution in [3.63, 3.8) is 0 Å². The van der Waals surface area contributed by atoms with Gasteiger partial charge in [0.15, 0.2) is 0 Å². The van der Waals surface area contributed by atoms with Crippen LogP contribution in [0.15, 0.2) is 65.7 Å². The fraction of sp³-hybridized carbons (Fsp3) is 0.176. The predicted octanol–water partition coefficient (Wildman–Crippen LogP) is 2.80. The lowest BCUT2D eigenvalue weighted by molar-refractivity contribution is 0.0785. The molecule has 0 saturated heterocycles. The summed E-state index contributed by atoms with van der Waals surface area (Å²) in [6.45, 7) is 1.18. The van der Waals surface area contributed by atoms with Crippen molar-refractivity contribution in [2.45, 2.75) is 13.1 Å². The Morgan fingerprint density at radius 2 is 2.18 bits per heavy atom. The minimum Gasteiger partial charge on any atom is -0.472 e. The smallest absolute Gasteiger partial charge is 0.253 e. The van der Waals surface area contributed by atoms with E-state index >= 15 is 0 Å². The largest absolute Gasteiger partial charge is 0.472 e. The van der Waals surface area contributed by atoms with Crippen LogP contribution in [0.3, 0.4) is 0 Å². The molecule has 112 valence electrons. The van der Waals surface area contributed by atoms with Crippen LogP contribution in [-0.4, -0.2) is 27.6 Å². The van der Waals surface area contributed by atoms with E-state index in [9.17, 15) is 4.79 Å². The van der Waals surface area contributed by atoms with Crippen LogP contribution in [0.2, 0.25) is 0 Å².